The third-order valence-electron chi connectivity index (χ3n) is 4.73. The molecule has 1 aromatic carbocycles. The molecule has 0 radical (unpaired) electrons. The Balaban J connectivity index is 1.72. The van der Waals surface area contributed by atoms with Crippen LogP contribution in [0.3, 0.4) is 0 Å². The van der Waals surface area contributed by atoms with Crippen LogP contribution >= 0.6 is 11.6 Å². The first-order valence-electron chi connectivity index (χ1n) is 9.32. The van der Waals surface area contributed by atoms with Gasteiger partial charge < -0.3 is 5.32 Å². The standard InChI is InChI=1S/C22H19ClN4O2/c1-14-12-17(9-10-24-14)25-22(29)27-11-3-6-20(28)18-7-8-19(26-21(18)27)15-4-2-5-16(23)13-15/h2,4-5,7-10,12-13H,3,6,11H2,1H3,(H,24,25,29). The van der Waals surface area contributed by atoms with Crippen LogP contribution in [0.2, 0.25) is 5.02 Å². The molecule has 3 aromatic rings. The van der Waals surface area contributed by atoms with Crippen LogP contribution in [0.5, 0.6) is 0 Å². The van der Waals surface area contributed by atoms with Crippen LogP contribution in [0.25, 0.3) is 11.3 Å². The number of benzene rings is 1. The fraction of sp³-hybridized carbons (Fsp3) is 0.182. The number of hydrogen-bond acceptors (Lipinski definition) is 4. The maximum atomic E-state index is 13.0. The number of amides is 2. The van der Waals surface area contributed by atoms with E-state index < -0.39 is 0 Å². The molecule has 7 heteroatoms. The maximum Gasteiger partial charge on any atom is 0.327 e. The summed E-state index contributed by atoms with van der Waals surface area (Å²) in [5.41, 5.74) is 3.37. The first kappa shape index (κ1) is 19.1. The number of Topliss-reactive ketones (excluding diaryl/α,β-unsaturated/α-hetero) is 1. The van der Waals surface area contributed by atoms with Crippen LogP contribution in [-0.2, 0) is 0 Å². The molecule has 0 spiro atoms. The van der Waals surface area contributed by atoms with Gasteiger partial charge in [-0.2, -0.15) is 0 Å². The van der Waals surface area contributed by atoms with Crippen molar-refractivity contribution in [1.29, 1.82) is 0 Å². The lowest BCUT2D eigenvalue weighted by Crippen LogP contribution is -2.36. The van der Waals surface area contributed by atoms with Gasteiger partial charge in [0.25, 0.3) is 0 Å². The van der Waals surface area contributed by atoms with Gasteiger partial charge in [0, 0.05) is 41.1 Å². The van der Waals surface area contributed by atoms with Crippen molar-refractivity contribution >= 4 is 34.9 Å². The van der Waals surface area contributed by atoms with E-state index in [0.29, 0.717) is 47.2 Å². The summed E-state index contributed by atoms with van der Waals surface area (Å²) in [6, 6.07) is 14.0. The van der Waals surface area contributed by atoms with Crippen LogP contribution in [0.1, 0.15) is 28.9 Å². The zero-order valence-corrected chi connectivity index (χ0v) is 16.6. The molecule has 6 nitrogen and oxygen atoms in total. The number of halogens is 1. The molecule has 1 N–H and O–H groups in total. The first-order valence-corrected chi connectivity index (χ1v) is 9.70. The lowest BCUT2D eigenvalue weighted by molar-refractivity contribution is 0.0983. The minimum Gasteiger partial charge on any atom is -0.307 e. The molecular formula is C22H19ClN4O2. The average Bonchev–Trinajstić information content (AvgIpc) is 2.86. The molecule has 0 bridgehead atoms. The van der Waals surface area contributed by atoms with Gasteiger partial charge in [-0.15, -0.1) is 0 Å². The summed E-state index contributed by atoms with van der Waals surface area (Å²) in [5.74, 6) is 0.355. The Morgan fingerprint density at radius 3 is 2.83 bits per heavy atom. The Labute approximate surface area is 173 Å². The molecule has 2 aromatic heterocycles. The molecule has 0 saturated carbocycles. The van der Waals surface area contributed by atoms with E-state index in [2.05, 4.69) is 15.3 Å². The fourth-order valence-electron chi connectivity index (χ4n) is 3.33. The number of aromatic nitrogens is 2. The molecule has 0 unspecified atom stereocenters. The molecule has 0 saturated heterocycles. The third-order valence-corrected chi connectivity index (χ3v) is 4.97. The number of carbonyl (C=O) groups is 2. The molecule has 2 amide bonds. The minimum absolute atomic E-state index is 0.0137. The Morgan fingerprint density at radius 1 is 1.17 bits per heavy atom. The van der Waals surface area contributed by atoms with Gasteiger partial charge in [-0.3, -0.25) is 14.7 Å². The van der Waals surface area contributed by atoms with E-state index in [1.165, 1.54) is 4.90 Å². The summed E-state index contributed by atoms with van der Waals surface area (Å²) in [5, 5.41) is 3.47. The van der Waals surface area contributed by atoms with Crippen LogP contribution in [-0.4, -0.2) is 28.3 Å². The van der Waals surface area contributed by atoms with E-state index in [1.807, 2.05) is 19.1 Å². The lowest BCUT2D eigenvalue weighted by Gasteiger charge is -2.22. The van der Waals surface area contributed by atoms with Gasteiger partial charge in [0.1, 0.15) is 5.82 Å². The van der Waals surface area contributed by atoms with E-state index in [4.69, 9.17) is 11.6 Å². The minimum atomic E-state index is -0.331. The van der Waals surface area contributed by atoms with Crippen molar-refractivity contribution in [3.05, 3.63) is 71.0 Å². The normalized spacial score (nSPS) is 13.6. The van der Waals surface area contributed by atoms with E-state index in [-0.39, 0.29) is 11.8 Å². The van der Waals surface area contributed by atoms with Gasteiger partial charge in [0.2, 0.25) is 0 Å². The zero-order chi connectivity index (χ0) is 20.4. The Hall–Kier alpha value is -3.25. The van der Waals surface area contributed by atoms with Gasteiger partial charge in [-0.1, -0.05) is 23.7 Å². The monoisotopic (exact) mass is 406 g/mol. The third kappa shape index (κ3) is 4.12. The maximum absolute atomic E-state index is 13.0. The molecule has 29 heavy (non-hydrogen) atoms. The molecule has 1 aliphatic rings. The number of ketones is 1. The highest BCUT2D eigenvalue weighted by atomic mass is 35.5. The van der Waals surface area contributed by atoms with Crippen molar-refractivity contribution in [2.45, 2.75) is 19.8 Å². The summed E-state index contributed by atoms with van der Waals surface area (Å²) in [4.78, 5) is 35.9. The Kier molecular flexibility index (Phi) is 5.27. The molecule has 146 valence electrons. The molecule has 4 rings (SSSR count). The predicted molar refractivity (Wildman–Crippen MR) is 114 cm³/mol. The van der Waals surface area contributed by atoms with Crippen molar-refractivity contribution < 1.29 is 9.59 Å². The number of carbonyl (C=O) groups excluding carboxylic acids is 2. The number of fused-ring (bicyclic) bond motifs is 1. The highest BCUT2D eigenvalue weighted by Crippen LogP contribution is 2.29. The second-order valence-electron chi connectivity index (χ2n) is 6.87. The van der Waals surface area contributed by atoms with E-state index >= 15 is 0 Å². The first-order chi connectivity index (χ1) is 14.0. The summed E-state index contributed by atoms with van der Waals surface area (Å²) in [6.07, 6.45) is 2.59. The fourth-order valence-corrected chi connectivity index (χ4v) is 3.52. The number of hydrogen-bond donors (Lipinski definition) is 1. The van der Waals surface area contributed by atoms with Gasteiger partial charge in [0.05, 0.1) is 11.3 Å². The van der Waals surface area contributed by atoms with E-state index in [1.54, 1.807) is 42.6 Å². The lowest BCUT2D eigenvalue weighted by atomic mass is 10.1. The van der Waals surface area contributed by atoms with Crippen molar-refractivity contribution in [1.82, 2.24) is 9.97 Å². The van der Waals surface area contributed by atoms with Crippen molar-refractivity contribution in [3.8, 4) is 11.3 Å². The molecule has 3 heterocycles. The molecule has 0 fully saturated rings. The molecule has 0 aliphatic carbocycles. The SMILES string of the molecule is Cc1cc(NC(=O)N2CCCC(=O)c3ccc(-c4cccc(Cl)c4)nc32)ccn1. The highest BCUT2D eigenvalue weighted by Gasteiger charge is 2.27. The summed E-state index contributed by atoms with van der Waals surface area (Å²) < 4.78 is 0. The number of nitrogens with one attached hydrogen (secondary N) is 1. The summed E-state index contributed by atoms with van der Waals surface area (Å²) in [7, 11) is 0. The molecule has 0 atom stereocenters. The quantitative estimate of drug-likeness (QED) is 0.640. The van der Waals surface area contributed by atoms with Crippen LogP contribution < -0.4 is 10.2 Å². The second kappa shape index (κ2) is 8.01. The summed E-state index contributed by atoms with van der Waals surface area (Å²) >= 11 is 6.11. The van der Waals surface area contributed by atoms with Crippen molar-refractivity contribution in [2.24, 2.45) is 0 Å². The van der Waals surface area contributed by atoms with Gasteiger partial charge >= 0.3 is 6.03 Å². The van der Waals surface area contributed by atoms with Crippen molar-refractivity contribution in [2.75, 3.05) is 16.8 Å². The van der Waals surface area contributed by atoms with Crippen LogP contribution in [0.4, 0.5) is 16.3 Å². The topological polar surface area (TPSA) is 75.2 Å². The largest absolute Gasteiger partial charge is 0.327 e. The number of urea groups is 1. The number of rotatable bonds is 2. The zero-order valence-electron chi connectivity index (χ0n) is 15.9. The van der Waals surface area contributed by atoms with Crippen LogP contribution in [0.15, 0.2) is 54.7 Å². The molecule has 1 aliphatic heterocycles. The van der Waals surface area contributed by atoms with Gasteiger partial charge in [-0.05, 0) is 49.7 Å². The number of anilines is 2. The second-order valence-corrected chi connectivity index (χ2v) is 7.31. The Bertz CT molecular complexity index is 1100. The van der Waals surface area contributed by atoms with Gasteiger partial charge in [0.15, 0.2) is 5.78 Å². The van der Waals surface area contributed by atoms with Crippen molar-refractivity contribution in [3.63, 3.8) is 0 Å². The number of aryl methyl sites for hydroxylation is 1. The smallest absolute Gasteiger partial charge is 0.307 e. The number of nitrogens with zero attached hydrogens (tertiary/aromatic N) is 3. The summed E-state index contributed by atoms with van der Waals surface area (Å²) in [6.45, 7) is 2.26. The highest BCUT2D eigenvalue weighted by molar-refractivity contribution is 6.30. The number of pyridine rings is 2. The predicted octanol–water partition coefficient (Wildman–Crippen LogP) is 5.12. The van der Waals surface area contributed by atoms with E-state index in [9.17, 15) is 9.59 Å². The molecular weight excluding hydrogens is 388 g/mol. The van der Waals surface area contributed by atoms with E-state index in [0.717, 1.165) is 11.3 Å². The van der Waals surface area contributed by atoms with Gasteiger partial charge in [-0.25, -0.2) is 9.78 Å². The Morgan fingerprint density at radius 2 is 2.03 bits per heavy atom. The van der Waals surface area contributed by atoms with Crippen LogP contribution in [0, 0.1) is 6.92 Å². The average molecular weight is 407 g/mol.